The van der Waals surface area contributed by atoms with E-state index in [4.69, 9.17) is 4.74 Å². The molecule has 8 nitrogen and oxygen atoms in total. The normalized spacial score (nSPS) is 19.6. The van der Waals surface area contributed by atoms with Gasteiger partial charge in [-0.1, -0.05) is 18.2 Å². The van der Waals surface area contributed by atoms with E-state index < -0.39 is 5.97 Å². The van der Waals surface area contributed by atoms with Crippen LogP contribution in [0.5, 0.6) is 0 Å². The number of ether oxygens (including phenoxy) is 1. The Morgan fingerprint density at radius 2 is 1.91 bits per heavy atom. The molecule has 3 aliphatic rings. The zero-order valence-electron chi connectivity index (χ0n) is 18.5. The van der Waals surface area contributed by atoms with Crippen LogP contribution in [0.4, 0.5) is 0 Å². The second kappa shape index (κ2) is 8.69. The molecule has 1 amide bonds. The number of hydrogen-bond donors (Lipinski definition) is 1. The first-order valence-corrected chi connectivity index (χ1v) is 11.4. The van der Waals surface area contributed by atoms with Gasteiger partial charge >= 0.3 is 11.7 Å². The molecule has 8 heteroatoms. The lowest BCUT2D eigenvalue weighted by atomic mass is 9.90. The van der Waals surface area contributed by atoms with Crippen molar-refractivity contribution in [3.63, 3.8) is 0 Å². The van der Waals surface area contributed by atoms with Crippen LogP contribution >= 0.6 is 0 Å². The molecule has 3 heterocycles. The van der Waals surface area contributed by atoms with E-state index in [0.29, 0.717) is 23.4 Å². The number of nitrogens with zero attached hydrogens (tertiary/aromatic N) is 3. The maximum Gasteiger partial charge on any atom is 0.343 e. The van der Waals surface area contributed by atoms with Gasteiger partial charge in [-0.05, 0) is 67.2 Å². The smallest absolute Gasteiger partial charge is 0.343 e. The number of nitrogens with one attached hydrogen (secondary N) is 1. The minimum absolute atomic E-state index is 0.0766. The fourth-order valence-electron chi connectivity index (χ4n) is 4.77. The van der Waals surface area contributed by atoms with Gasteiger partial charge in [-0.3, -0.25) is 9.36 Å². The largest absolute Gasteiger partial charge is 0.463 e. The maximum atomic E-state index is 12.6. The van der Waals surface area contributed by atoms with Crippen LogP contribution in [-0.4, -0.2) is 51.2 Å². The first-order valence-electron chi connectivity index (χ1n) is 11.4. The highest BCUT2D eigenvalue weighted by atomic mass is 16.5. The molecule has 2 aliphatic heterocycles. The topological polar surface area (TPSA) is 97.3 Å². The standard InChI is InChI=1S/C25H26N4O4/c1-2-33-24(31)20-14-19-13-18(9-10-21(19)29-22(15-20)26-27-25(29)32)16-5-7-17(8-6-16)23(30)28-11-3-4-12-28/h5-9,13-14,21H,2-4,10-12,15H2,1H3,(H,27,32). The van der Waals surface area contributed by atoms with Crippen LogP contribution in [0, 0.1) is 0 Å². The molecule has 0 bridgehead atoms. The van der Waals surface area contributed by atoms with E-state index in [0.717, 1.165) is 42.6 Å². The number of fused-ring (bicyclic) bond motifs is 3. The van der Waals surface area contributed by atoms with E-state index in [-0.39, 0.29) is 30.7 Å². The summed E-state index contributed by atoms with van der Waals surface area (Å²) in [5.74, 6) is 0.198. The summed E-state index contributed by atoms with van der Waals surface area (Å²) in [6.45, 7) is 3.69. The highest BCUT2D eigenvalue weighted by molar-refractivity contribution is 5.95. The van der Waals surface area contributed by atoms with E-state index in [1.54, 1.807) is 11.5 Å². The van der Waals surface area contributed by atoms with Crippen molar-refractivity contribution in [2.24, 2.45) is 0 Å². The average Bonchev–Trinajstić information content (AvgIpc) is 3.45. The zero-order chi connectivity index (χ0) is 22.9. The van der Waals surface area contributed by atoms with Gasteiger partial charge in [-0.25, -0.2) is 14.7 Å². The van der Waals surface area contributed by atoms with Gasteiger partial charge < -0.3 is 9.64 Å². The zero-order valence-corrected chi connectivity index (χ0v) is 18.5. The number of esters is 1. The van der Waals surface area contributed by atoms with Gasteiger partial charge in [0.1, 0.15) is 5.82 Å². The minimum Gasteiger partial charge on any atom is -0.463 e. The molecule has 2 aromatic rings. The lowest BCUT2D eigenvalue weighted by Gasteiger charge is -2.22. The Morgan fingerprint density at radius 3 is 2.64 bits per heavy atom. The molecule has 1 saturated heterocycles. The van der Waals surface area contributed by atoms with Crippen LogP contribution < -0.4 is 5.69 Å². The Hall–Kier alpha value is -3.68. The first kappa shape index (κ1) is 21.2. The first-order chi connectivity index (χ1) is 16.0. The van der Waals surface area contributed by atoms with E-state index >= 15 is 0 Å². The summed E-state index contributed by atoms with van der Waals surface area (Å²) in [6.07, 6.45) is 8.86. The number of aromatic nitrogens is 3. The summed E-state index contributed by atoms with van der Waals surface area (Å²) >= 11 is 0. The number of hydrogen-bond acceptors (Lipinski definition) is 5. The van der Waals surface area contributed by atoms with Gasteiger partial charge in [0, 0.05) is 30.6 Å². The van der Waals surface area contributed by atoms with Gasteiger partial charge in [0.05, 0.1) is 12.6 Å². The van der Waals surface area contributed by atoms with E-state index in [1.165, 1.54) is 0 Å². The quantitative estimate of drug-likeness (QED) is 0.729. The molecule has 1 N–H and O–H groups in total. The fraction of sp³-hybridized carbons (Fsp3) is 0.360. The second-order valence-electron chi connectivity index (χ2n) is 8.51. The van der Waals surface area contributed by atoms with Gasteiger partial charge in [0.15, 0.2) is 0 Å². The third kappa shape index (κ3) is 3.97. The molecule has 0 radical (unpaired) electrons. The number of H-pyrrole nitrogens is 1. The number of benzene rings is 1. The number of carbonyl (C=O) groups excluding carboxylic acids is 2. The Bertz CT molecular complexity index is 1240. The van der Waals surface area contributed by atoms with Crippen molar-refractivity contribution in [1.29, 1.82) is 0 Å². The van der Waals surface area contributed by atoms with Crippen LogP contribution in [0.1, 0.15) is 54.0 Å². The summed E-state index contributed by atoms with van der Waals surface area (Å²) < 4.78 is 6.84. The Labute approximate surface area is 191 Å². The van der Waals surface area contributed by atoms with Crippen LogP contribution in [0.25, 0.3) is 5.57 Å². The molecule has 170 valence electrons. The summed E-state index contributed by atoms with van der Waals surface area (Å²) in [6, 6.07) is 7.40. The lowest BCUT2D eigenvalue weighted by Crippen LogP contribution is -2.27. The summed E-state index contributed by atoms with van der Waals surface area (Å²) in [5.41, 5.74) is 3.70. The summed E-state index contributed by atoms with van der Waals surface area (Å²) in [4.78, 5) is 39.5. The predicted molar refractivity (Wildman–Crippen MR) is 123 cm³/mol. The summed E-state index contributed by atoms with van der Waals surface area (Å²) in [7, 11) is 0. The number of likely N-dealkylation sites (tertiary alicyclic amines) is 1. The van der Waals surface area contributed by atoms with Crippen molar-refractivity contribution in [2.45, 2.75) is 38.6 Å². The molecule has 1 unspecified atom stereocenters. The monoisotopic (exact) mass is 446 g/mol. The van der Waals surface area contributed by atoms with Gasteiger partial charge in [-0.2, -0.15) is 5.10 Å². The molecule has 1 aliphatic carbocycles. The van der Waals surface area contributed by atoms with Gasteiger partial charge in [0.2, 0.25) is 0 Å². The number of allylic oxidation sites excluding steroid dienone is 5. The molecule has 1 aromatic heterocycles. The third-order valence-corrected chi connectivity index (χ3v) is 6.44. The van der Waals surface area contributed by atoms with Crippen LogP contribution in [-0.2, 0) is 16.0 Å². The lowest BCUT2D eigenvalue weighted by molar-refractivity contribution is -0.138. The van der Waals surface area contributed by atoms with Crippen molar-refractivity contribution < 1.29 is 14.3 Å². The third-order valence-electron chi connectivity index (χ3n) is 6.44. The summed E-state index contributed by atoms with van der Waals surface area (Å²) in [5, 5.41) is 6.64. The molecule has 0 spiro atoms. The van der Waals surface area contributed by atoms with Crippen molar-refractivity contribution in [3.8, 4) is 0 Å². The predicted octanol–water partition coefficient (Wildman–Crippen LogP) is 2.81. The molecule has 1 aromatic carbocycles. The second-order valence-corrected chi connectivity index (χ2v) is 8.51. The number of carbonyl (C=O) groups is 2. The fourth-order valence-corrected chi connectivity index (χ4v) is 4.77. The number of aromatic amines is 1. The molecule has 33 heavy (non-hydrogen) atoms. The molecule has 1 atom stereocenters. The molecule has 0 saturated carbocycles. The maximum absolute atomic E-state index is 12.6. The van der Waals surface area contributed by atoms with Gasteiger partial charge in [-0.15, -0.1) is 0 Å². The van der Waals surface area contributed by atoms with E-state index in [9.17, 15) is 14.4 Å². The molecule has 5 rings (SSSR count). The van der Waals surface area contributed by atoms with Crippen LogP contribution in [0.15, 0.2) is 58.4 Å². The molecule has 1 fully saturated rings. The number of amides is 1. The highest BCUT2D eigenvalue weighted by Gasteiger charge is 2.29. The van der Waals surface area contributed by atoms with Crippen LogP contribution in [0.3, 0.4) is 0 Å². The van der Waals surface area contributed by atoms with Crippen molar-refractivity contribution in [3.05, 3.63) is 81.1 Å². The van der Waals surface area contributed by atoms with Crippen molar-refractivity contribution in [2.75, 3.05) is 19.7 Å². The highest BCUT2D eigenvalue weighted by Crippen LogP contribution is 2.36. The molecular weight excluding hydrogens is 420 g/mol. The SMILES string of the molecule is CCOC(=O)C1=CC2=CC(c3ccc(C(=O)N4CCCC4)cc3)=CCC2n2c(n[nH]c2=O)C1. The Morgan fingerprint density at radius 1 is 1.15 bits per heavy atom. The Kier molecular flexibility index (Phi) is 5.58. The minimum atomic E-state index is -0.401. The Balaban J connectivity index is 1.46. The van der Waals surface area contributed by atoms with E-state index in [2.05, 4.69) is 16.3 Å². The van der Waals surface area contributed by atoms with E-state index in [1.807, 2.05) is 41.3 Å². The van der Waals surface area contributed by atoms with Gasteiger partial charge in [0.25, 0.3) is 5.91 Å². The van der Waals surface area contributed by atoms with Crippen molar-refractivity contribution in [1.82, 2.24) is 19.7 Å². The molecular formula is C25H26N4O4. The number of rotatable bonds is 4. The average molecular weight is 447 g/mol. The van der Waals surface area contributed by atoms with Crippen LogP contribution in [0.2, 0.25) is 0 Å². The van der Waals surface area contributed by atoms with Crippen molar-refractivity contribution >= 4 is 17.4 Å².